The van der Waals surface area contributed by atoms with E-state index in [9.17, 15) is 8.42 Å². The summed E-state index contributed by atoms with van der Waals surface area (Å²) in [4.78, 5) is 0. The summed E-state index contributed by atoms with van der Waals surface area (Å²) < 4.78 is 22.1. The lowest BCUT2D eigenvalue weighted by atomic mass is 9.73. The Labute approximate surface area is 93.3 Å². The zero-order valence-electron chi connectivity index (χ0n) is 10.0. The Hall–Kier alpha value is -0.0900. The van der Waals surface area contributed by atoms with Gasteiger partial charge < -0.3 is 5.73 Å². The third kappa shape index (κ3) is 3.18. The molecule has 0 heterocycles. The molecule has 15 heavy (non-hydrogen) atoms. The highest BCUT2D eigenvalue weighted by molar-refractivity contribution is 7.90. The van der Waals surface area contributed by atoms with Gasteiger partial charge in [0.15, 0.2) is 0 Å². The van der Waals surface area contributed by atoms with Crippen molar-refractivity contribution in [3.8, 4) is 0 Å². The summed E-state index contributed by atoms with van der Waals surface area (Å²) in [6.45, 7) is 4.39. The van der Waals surface area contributed by atoms with Gasteiger partial charge in [-0.2, -0.15) is 0 Å². The minimum absolute atomic E-state index is 0.155. The van der Waals surface area contributed by atoms with E-state index < -0.39 is 9.84 Å². The average molecular weight is 233 g/mol. The van der Waals surface area contributed by atoms with Crippen molar-refractivity contribution in [2.45, 2.75) is 51.5 Å². The van der Waals surface area contributed by atoms with Crippen LogP contribution < -0.4 is 5.73 Å². The second kappa shape index (κ2) is 4.06. The first-order valence-electron chi connectivity index (χ1n) is 5.63. The van der Waals surface area contributed by atoms with Crippen LogP contribution in [0.1, 0.15) is 46.0 Å². The first kappa shape index (κ1) is 13.0. The molecule has 4 heteroatoms. The summed E-state index contributed by atoms with van der Waals surface area (Å²) in [6, 6.07) is 0. The van der Waals surface area contributed by atoms with Crippen LogP contribution in [0, 0.1) is 5.41 Å². The summed E-state index contributed by atoms with van der Waals surface area (Å²) in [5.41, 5.74) is 6.37. The van der Waals surface area contributed by atoms with Crippen LogP contribution in [0.5, 0.6) is 0 Å². The molecule has 1 fully saturated rings. The summed E-state index contributed by atoms with van der Waals surface area (Å²) in [7, 11) is -2.84. The van der Waals surface area contributed by atoms with Crippen LogP contribution in [0.25, 0.3) is 0 Å². The molecule has 0 saturated heterocycles. The largest absolute Gasteiger partial charge is 0.325 e. The standard InChI is InChI=1S/C11H23NO2S/c1-10(2)6-4-7-11(10,12)8-5-9-15(3,13)14/h4-9,12H2,1-3H3. The second-order valence-electron chi connectivity index (χ2n) is 5.63. The maximum atomic E-state index is 11.0. The molecule has 0 aromatic rings. The third-order valence-corrected chi connectivity index (χ3v) is 4.94. The van der Waals surface area contributed by atoms with E-state index in [1.807, 2.05) is 0 Å². The van der Waals surface area contributed by atoms with Gasteiger partial charge in [0.1, 0.15) is 9.84 Å². The van der Waals surface area contributed by atoms with E-state index in [1.54, 1.807) is 0 Å². The minimum Gasteiger partial charge on any atom is -0.325 e. The molecule has 1 aliphatic carbocycles. The molecule has 1 saturated carbocycles. The Balaban J connectivity index is 2.51. The van der Waals surface area contributed by atoms with Crippen LogP contribution in [0.3, 0.4) is 0 Å². The zero-order valence-corrected chi connectivity index (χ0v) is 10.9. The molecule has 1 unspecified atom stereocenters. The molecular weight excluding hydrogens is 210 g/mol. The normalized spacial score (nSPS) is 30.7. The SMILES string of the molecule is CC1(C)CCCC1(N)CCCS(C)(=O)=O. The van der Waals surface area contributed by atoms with Gasteiger partial charge in [-0.3, -0.25) is 0 Å². The summed E-state index contributed by atoms with van der Waals surface area (Å²) in [6.07, 6.45) is 6.16. The van der Waals surface area contributed by atoms with Gasteiger partial charge in [0.25, 0.3) is 0 Å². The molecule has 0 aliphatic heterocycles. The lowest BCUT2D eigenvalue weighted by molar-refractivity contribution is 0.194. The van der Waals surface area contributed by atoms with Crippen LogP contribution in [0.4, 0.5) is 0 Å². The molecule has 3 nitrogen and oxygen atoms in total. The number of hydrogen-bond donors (Lipinski definition) is 1. The second-order valence-corrected chi connectivity index (χ2v) is 7.89. The zero-order chi connectivity index (χ0) is 11.7. The van der Waals surface area contributed by atoms with E-state index in [0.717, 1.165) is 19.3 Å². The summed E-state index contributed by atoms with van der Waals surface area (Å²) >= 11 is 0. The van der Waals surface area contributed by atoms with Gasteiger partial charge in [-0.1, -0.05) is 20.3 Å². The fourth-order valence-electron chi connectivity index (χ4n) is 2.55. The van der Waals surface area contributed by atoms with Crippen molar-refractivity contribution < 1.29 is 8.42 Å². The van der Waals surface area contributed by atoms with Crippen molar-refractivity contribution in [2.24, 2.45) is 11.1 Å². The molecule has 0 spiro atoms. The number of hydrogen-bond acceptors (Lipinski definition) is 3. The Morgan fingerprint density at radius 2 is 1.87 bits per heavy atom. The molecule has 90 valence electrons. The first-order valence-corrected chi connectivity index (χ1v) is 7.69. The van der Waals surface area contributed by atoms with Crippen LogP contribution in [0.2, 0.25) is 0 Å². The number of sulfone groups is 1. The highest BCUT2D eigenvalue weighted by Gasteiger charge is 2.44. The molecule has 1 atom stereocenters. The molecule has 1 aliphatic rings. The van der Waals surface area contributed by atoms with Crippen molar-refractivity contribution >= 4 is 9.84 Å². The van der Waals surface area contributed by atoms with Gasteiger partial charge >= 0.3 is 0 Å². The van der Waals surface area contributed by atoms with Crippen LogP contribution in [0.15, 0.2) is 0 Å². The average Bonchev–Trinajstić information content (AvgIpc) is 2.24. The molecule has 1 rings (SSSR count). The molecule has 2 N–H and O–H groups in total. The molecule has 0 amide bonds. The maximum Gasteiger partial charge on any atom is 0.147 e. The predicted octanol–water partition coefficient (Wildman–Crippen LogP) is 1.72. The van der Waals surface area contributed by atoms with Gasteiger partial charge in [-0.15, -0.1) is 0 Å². The fraction of sp³-hybridized carbons (Fsp3) is 1.00. The van der Waals surface area contributed by atoms with Gasteiger partial charge in [0.2, 0.25) is 0 Å². The Bertz CT molecular complexity index is 321. The van der Waals surface area contributed by atoms with Crippen molar-refractivity contribution in [1.82, 2.24) is 0 Å². The number of nitrogens with two attached hydrogens (primary N) is 1. The van der Waals surface area contributed by atoms with Crippen molar-refractivity contribution in [2.75, 3.05) is 12.0 Å². The van der Waals surface area contributed by atoms with E-state index in [4.69, 9.17) is 5.73 Å². The first-order chi connectivity index (χ1) is 6.66. The van der Waals surface area contributed by atoms with E-state index >= 15 is 0 Å². The quantitative estimate of drug-likeness (QED) is 0.804. The fourth-order valence-corrected chi connectivity index (χ4v) is 3.22. The van der Waals surface area contributed by atoms with Gasteiger partial charge in [0, 0.05) is 17.5 Å². The minimum atomic E-state index is -2.84. The summed E-state index contributed by atoms with van der Waals surface area (Å²) in [5, 5.41) is 0. The molecule has 0 radical (unpaired) electrons. The monoisotopic (exact) mass is 233 g/mol. The van der Waals surface area contributed by atoms with Crippen molar-refractivity contribution in [3.05, 3.63) is 0 Å². The highest BCUT2D eigenvalue weighted by atomic mass is 32.2. The van der Waals surface area contributed by atoms with Crippen LogP contribution >= 0.6 is 0 Å². The molecule has 0 aromatic carbocycles. The predicted molar refractivity (Wildman–Crippen MR) is 63.5 cm³/mol. The van der Waals surface area contributed by atoms with E-state index in [-0.39, 0.29) is 16.7 Å². The van der Waals surface area contributed by atoms with Crippen LogP contribution in [-0.2, 0) is 9.84 Å². The van der Waals surface area contributed by atoms with Crippen LogP contribution in [-0.4, -0.2) is 26.0 Å². The van der Waals surface area contributed by atoms with E-state index in [0.29, 0.717) is 6.42 Å². The summed E-state index contributed by atoms with van der Waals surface area (Å²) in [5.74, 6) is 0.266. The number of rotatable bonds is 4. The maximum absolute atomic E-state index is 11.0. The highest BCUT2D eigenvalue weighted by Crippen LogP contribution is 2.46. The molecule has 0 aromatic heterocycles. The van der Waals surface area contributed by atoms with Crippen molar-refractivity contribution in [1.29, 1.82) is 0 Å². The van der Waals surface area contributed by atoms with Gasteiger partial charge in [-0.05, 0) is 31.1 Å². The topological polar surface area (TPSA) is 60.2 Å². The molecule has 0 bridgehead atoms. The van der Waals surface area contributed by atoms with Gasteiger partial charge in [-0.25, -0.2) is 8.42 Å². The Kier molecular flexibility index (Phi) is 3.51. The third-order valence-electron chi connectivity index (χ3n) is 3.91. The van der Waals surface area contributed by atoms with E-state index in [1.165, 1.54) is 12.7 Å². The lowest BCUT2D eigenvalue weighted by Crippen LogP contribution is -2.48. The van der Waals surface area contributed by atoms with Crippen molar-refractivity contribution in [3.63, 3.8) is 0 Å². The van der Waals surface area contributed by atoms with Gasteiger partial charge in [0.05, 0.1) is 0 Å². The van der Waals surface area contributed by atoms with E-state index in [2.05, 4.69) is 13.8 Å². The Morgan fingerprint density at radius 3 is 2.27 bits per heavy atom. The Morgan fingerprint density at radius 1 is 1.27 bits per heavy atom. The molecular formula is C11H23NO2S. The lowest BCUT2D eigenvalue weighted by Gasteiger charge is -2.38. The smallest absolute Gasteiger partial charge is 0.147 e.